The molecule has 0 amide bonds. The average molecular weight is 200 g/mol. The van der Waals surface area contributed by atoms with Gasteiger partial charge in [0.15, 0.2) is 0 Å². The first-order valence-corrected chi connectivity index (χ1v) is 4.84. The Labute approximate surface area is 88.5 Å². The molecule has 2 aromatic carbocycles. The second-order valence-corrected chi connectivity index (χ2v) is 3.37. The summed E-state index contributed by atoms with van der Waals surface area (Å²) in [6, 6.07) is 11.8. The van der Waals surface area contributed by atoms with E-state index in [4.69, 9.17) is 4.74 Å². The van der Waals surface area contributed by atoms with Crippen LogP contribution in [-0.4, -0.2) is 13.4 Å². The summed E-state index contributed by atoms with van der Waals surface area (Å²) in [4.78, 5) is 10.5. The molecule has 0 heterocycles. The number of carbonyl (C=O) groups is 1. The van der Waals surface area contributed by atoms with Crippen LogP contribution in [0.3, 0.4) is 0 Å². The maximum atomic E-state index is 10.5. The van der Waals surface area contributed by atoms with Crippen molar-refractivity contribution in [1.82, 2.24) is 0 Å². The fourth-order valence-electron chi connectivity index (χ4n) is 1.72. The molecule has 0 N–H and O–H groups in total. The van der Waals surface area contributed by atoms with E-state index in [2.05, 4.69) is 0 Å². The van der Waals surface area contributed by atoms with Gasteiger partial charge in [-0.05, 0) is 28.5 Å². The van der Waals surface area contributed by atoms with E-state index in [-0.39, 0.29) is 0 Å². The van der Waals surface area contributed by atoms with E-state index in [9.17, 15) is 4.79 Å². The molecule has 0 atom stereocenters. The normalized spacial score (nSPS) is 10.2. The summed E-state index contributed by atoms with van der Waals surface area (Å²) < 4.78 is 5.15. The van der Waals surface area contributed by atoms with Crippen LogP contribution < -0.4 is 4.74 Å². The summed E-state index contributed by atoms with van der Waals surface area (Å²) in [5, 5.41) is 2.22. The van der Waals surface area contributed by atoms with E-state index in [0.717, 1.165) is 28.4 Å². The standard InChI is InChI=1S/C13H12O2/c1-15-12-5-6-13-10(7-8-14)3-2-4-11(13)9-12/h2-6,8-9H,7H2,1H3. The number of methoxy groups -OCH3 is 1. The number of benzene rings is 2. The highest BCUT2D eigenvalue weighted by Crippen LogP contribution is 2.23. The molecular formula is C13H12O2. The van der Waals surface area contributed by atoms with Gasteiger partial charge in [-0.1, -0.05) is 24.3 Å². The van der Waals surface area contributed by atoms with Crippen LogP contribution >= 0.6 is 0 Å². The number of hydrogen-bond acceptors (Lipinski definition) is 2. The van der Waals surface area contributed by atoms with Crippen LogP contribution in [-0.2, 0) is 11.2 Å². The van der Waals surface area contributed by atoms with Crippen molar-refractivity contribution in [1.29, 1.82) is 0 Å². The number of aldehydes is 1. The minimum absolute atomic E-state index is 0.462. The van der Waals surface area contributed by atoms with Crippen LogP contribution in [0.15, 0.2) is 36.4 Å². The molecule has 0 aliphatic rings. The zero-order valence-electron chi connectivity index (χ0n) is 8.57. The molecule has 2 heteroatoms. The molecule has 0 aliphatic carbocycles. The van der Waals surface area contributed by atoms with Gasteiger partial charge in [0.1, 0.15) is 12.0 Å². The minimum Gasteiger partial charge on any atom is -0.497 e. The lowest BCUT2D eigenvalue weighted by Crippen LogP contribution is -1.89. The summed E-state index contributed by atoms with van der Waals surface area (Å²) in [5.74, 6) is 0.839. The van der Waals surface area contributed by atoms with Crippen molar-refractivity contribution < 1.29 is 9.53 Å². The van der Waals surface area contributed by atoms with Crippen LogP contribution in [0.5, 0.6) is 5.75 Å². The Balaban J connectivity index is 2.61. The SMILES string of the molecule is COc1ccc2c(CC=O)cccc2c1. The first-order valence-electron chi connectivity index (χ1n) is 4.84. The number of carbonyl (C=O) groups excluding carboxylic acids is 1. The van der Waals surface area contributed by atoms with Crippen LogP contribution in [0.25, 0.3) is 10.8 Å². The summed E-state index contributed by atoms with van der Waals surface area (Å²) in [6.07, 6.45) is 1.39. The fraction of sp³-hybridized carbons (Fsp3) is 0.154. The van der Waals surface area contributed by atoms with Crippen molar-refractivity contribution >= 4 is 17.1 Å². The number of hydrogen-bond donors (Lipinski definition) is 0. The highest BCUT2D eigenvalue weighted by Gasteiger charge is 2.01. The van der Waals surface area contributed by atoms with E-state index >= 15 is 0 Å². The van der Waals surface area contributed by atoms with Gasteiger partial charge >= 0.3 is 0 Å². The maximum Gasteiger partial charge on any atom is 0.124 e. The Morgan fingerprint density at radius 1 is 1.27 bits per heavy atom. The molecule has 0 saturated heterocycles. The molecule has 0 bridgehead atoms. The summed E-state index contributed by atoms with van der Waals surface area (Å²) in [5.41, 5.74) is 1.06. The third-order valence-electron chi connectivity index (χ3n) is 2.48. The van der Waals surface area contributed by atoms with Gasteiger partial charge in [0.2, 0.25) is 0 Å². The molecule has 0 radical (unpaired) electrons. The van der Waals surface area contributed by atoms with Gasteiger partial charge in [-0.25, -0.2) is 0 Å². The van der Waals surface area contributed by atoms with Crippen molar-refractivity contribution in [2.45, 2.75) is 6.42 Å². The quantitative estimate of drug-likeness (QED) is 0.712. The second kappa shape index (κ2) is 4.13. The molecule has 76 valence electrons. The van der Waals surface area contributed by atoms with Crippen molar-refractivity contribution in [2.24, 2.45) is 0 Å². The monoisotopic (exact) mass is 200 g/mol. The van der Waals surface area contributed by atoms with Crippen molar-refractivity contribution in [3.05, 3.63) is 42.0 Å². The molecule has 0 spiro atoms. The first-order chi connectivity index (χ1) is 7.35. The van der Waals surface area contributed by atoms with E-state index in [0.29, 0.717) is 6.42 Å². The first kappa shape index (κ1) is 9.71. The Kier molecular flexibility index (Phi) is 2.68. The van der Waals surface area contributed by atoms with Crippen molar-refractivity contribution in [2.75, 3.05) is 7.11 Å². The lowest BCUT2D eigenvalue weighted by molar-refractivity contribution is -0.107. The highest BCUT2D eigenvalue weighted by atomic mass is 16.5. The topological polar surface area (TPSA) is 26.3 Å². The average Bonchev–Trinajstić information content (AvgIpc) is 2.29. The van der Waals surface area contributed by atoms with Gasteiger partial charge in [-0.2, -0.15) is 0 Å². The fourth-order valence-corrected chi connectivity index (χ4v) is 1.72. The van der Waals surface area contributed by atoms with Crippen LogP contribution in [0.2, 0.25) is 0 Å². The molecule has 0 aromatic heterocycles. The molecule has 2 rings (SSSR count). The molecular weight excluding hydrogens is 188 g/mol. The van der Waals surface area contributed by atoms with Crippen LogP contribution in [0.1, 0.15) is 5.56 Å². The molecule has 2 nitrogen and oxygen atoms in total. The molecule has 0 unspecified atom stereocenters. The second-order valence-electron chi connectivity index (χ2n) is 3.37. The lowest BCUT2D eigenvalue weighted by Gasteiger charge is -2.05. The van der Waals surface area contributed by atoms with Gasteiger partial charge in [-0.3, -0.25) is 0 Å². The number of ether oxygens (including phenoxy) is 1. The van der Waals surface area contributed by atoms with Gasteiger partial charge in [0.05, 0.1) is 7.11 Å². The number of rotatable bonds is 3. The highest BCUT2D eigenvalue weighted by molar-refractivity contribution is 5.88. The summed E-state index contributed by atoms with van der Waals surface area (Å²) in [7, 11) is 1.65. The Morgan fingerprint density at radius 2 is 2.13 bits per heavy atom. The smallest absolute Gasteiger partial charge is 0.124 e. The number of fused-ring (bicyclic) bond motifs is 1. The predicted molar refractivity (Wildman–Crippen MR) is 60.3 cm³/mol. The van der Waals surface area contributed by atoms with E-state index in [1.54, 1.807) is 7.11 Å². The predicted octanol–water partition coefficient (Wildman–Crippen LogP) is 2.59. The van der Waals surface area contributed by atoms with Gasteiger partial charge in [-0.15, -0.1) is 0 Å². The van der Waals surface area contributed by atoms with Gasteiger partial charge in [0.25, 0.3) is 0 Å². The van der Waals surface area contributed by atoms with E-state index in [1.165, 1.54) is 0 Å². The molecule has 15 heavy (non-hydrogen) atoms. The molecule has 0 saturated carbocycles. The molecule has 2 aromatic rings. The van der Waals surface area contributed by atoms with Gasteiger partial charge < -0.3 is 9.53 Å². The Bertz CT molecular complexity index is 489. The Morgan fingerprint density at radius 3 is 2.87 bits per heavy atom. The lowest BCUT2D eigenvalue weighted by atomic mass is 10.0. The Hall–Kier alpha value is -1.83. The van der Waals surface area contributed by atoms with E-state index < -0.39 is 0 Å². The molecule has 0 aliphatic heterocycles. The largest absolute Gasteiger partial charge is 0.497 e. The van der Waals surface area contributed by atoms with Crippen LogP contribution in [0.4, 0.5) is 0 Å². The zero-order chi connectivity index (χ0) is 10.7. The van der Waals surface area contributed by atoms with Crippen LogP contribution in [0, 0.1) is 0 Å². The van der Waals surface area contributed by atoms with E-state index in [1.807, 2.05) is 36.4 Å². The third kappa shape index (κ3) is 1.84. The summed E-state index contributed by atoms with van der Waals surface area (Å²) in [6.45, 7) is 0. The molecule has 0 fully saturated rings. The van der Waals surface area contributed by atoms with Crippen molar-refractivity contribution in [3.8, 4) is 5.75 Å². The minimum atomic E-state index is 0.462. The summed E-state index contributed by atoms with van der Waals surface area (Å²) >= 11 is 0. The maximum absolute atomic E-state index is 10.5. The van der Waals surface area contributed by atoms with Crippen molar-refractivity contribution in [3.63, 3.8) is 0 Å². The third-order valence-corrected chi connectivity index (χ3v) is 2.48. The van der Waals surface area contributed by atoms with Gasteiger partial charge in [0, 0.05) is 6.42 Å². The zero-order valence-corrected chi connectivity index (χ0v) is 8.57.